The van der Waals surface area contributed by atoms with E-state index in [1.54, 1.807) is 30.3 Å². The molecule has 2 aliphatic rings. The van der Waals surface area contributed by atoms with E-state index in [1.807, 2.05) is 0 Å². The Bertz CT molecular complexity index is 523. The van der Waals surface area contributed by atoms with Crippen LogP contribution in [-0.2, 0) is 11.8 Å². The number of hydrogen-bond donors (Lipinski definition) is 0. The number of aromatic nitrogens is 1. The monoisotopic (exact) mass is 234 g/mol. The van der Waals surface area contributed by atoms with Gasteiger partial charge < -0.3 is 14.2 Å². The van der Waals surface area contributed by atoms with Gasteiger partial charge in [-0.2, -0.15) is 0 Å². The molecule has 3 heterocycles. The van der Waals surface area contributed by atoms with Crippen LogP contribution in [0.2, 0.25) is 0 Å². The number of hydrogen-bond acceptors (Lipinski definition) is 3. The fraction of sp³-hybridized carbons (Fsp3) is 0.500. The van der Waals surface area contributed by atoms with E-state index in [1.165, 1.54) is 4.57 Å². The zero-order chi connectivity index (χ0) is 12.0. The number of ether oxygens (including phenoxy) is 1. The first-order valence-corrected chi connectivity index (χ1v) is 5.75. The van der Waals surface area contributed by atoms with Crippen LogP contribution in [0.5, 0.6) is 0 Å². The summed E-state index contributed by atoms with van der Waals surface area (Å²) in [5.74, 6) is -0.165. The number of morpholine rings is 1. The molecule has 17 heavy (non-hydrogen) atoms. The minimum Gasteiger partial charge on any atom is -0.374 e. The molecule has 0 unspecified atom stereocenters. The zero-order valence-corrected chi connectivity index (χ0v) is 9.63. The van der Waals surface area contributed by atoms with Gasteiger partial charge in [0.05, 0.1) is 18.8 Å². The maximum atomic E-state index is 12.3. The van der Waals surface area contributed by atoms with Gasteiger partial charge in [-0.05, 0) is 18.6 Å². The van der Waals surface area contributed by atoms with Gasteiger partial charge in [-0.15, -0.1) is 0 Å². The molecule has 1 aromatic rings. The lowest BCUT2D eigenvalue weighted by Gasteiger charge is -2.26. The van der Waals surface area contributed by atoms with Gasteiger partial charge in [0.2, 0.25) is 0 Å². The first-order valence-electron chi connectivity index (χ1n) is 5.75. The fourth-order valence-corrected chi connectivity index (χ4v) is 2.56. The summed E-state index contributed by atoms with van der Waals surface area (Å²) in [5.41, 5.74) is 0.0174. The number of pyridine rings is 1. The van der Waals surface area contributed by atoms with Crippen LogP contribution in [0.1, 0.15) is 16.8 Å². The maximum absolute atomic E-state index is 12.3. The van der Waals surface area contributed by atoms with E-state index in [0.29, 0.717) is 13.2 Å². The quantitative estimate of drug-likeness (QED) is 0.687. The molecule has 0 radical (unpaired) electrons. The molecule has 0 saturated carbocycles. The van der Waals surface area contributed by atoms with Crippen molar-refractivity contribution in [3.63, 3.8) is 0 Å². The van der Waals surface area contributed by atoms with Crippen LogP contribution in [0.15, 0.2) is 23.1 Å². The number of aryl methyl sites for hydroxylation is 1. The van der Waals surface area contributed by atoms with Crippen LogP contribution >= 0.6 is 0 Å². The molecule has 0 aliphatic carbocycles. The number of carbonyl (C=O) groups excluding carboxylic acids is 1. The van der Waals surface area contributed by atoms with Crippen molar-refractivity contribution in [3.8, 4) is 0 Å². The van der Waals surface area contributed by atoms with Crippen molar-refractivity contribution in [2.45, 2.75) is 18.6 Å². The molecule has 2 bridgehead atoms. The molecule has 1 aromatic heterocycles. The average molecular weight is 234 g/mol. The van der Waals surface area contributed by atoms with E-state index in [0.717, 1.165) is 6.42 Å². The second kappa shape index (κ2) is 3.70. The molecule has 2 fully saturated rings. The van der Waals surface area contributed by atoms with Gasteiger partial charge in [-0.1, -0.05) is 0 Å². The Morgan fingerprint density at radius 1 is 1.53 bits per heavy atom. The highest BCUT2D eigenvalue weighted by molar-refractivity contribution is 5.94. The Labute approximate surface area is 98.6 Å². The lowest BCUT2D eigenvalue weighted by atomic mass is 10.2. The van der Waals surface area contributed by atoms with Gasteiger partial charge >= 0.3 is 0 Å². The second-order valence-electron chi connectivity index (χ2n) is 4.64. The summed E-state index contributed by atoms with van der Waals surface area (Å²) in [6, 6.07) is 3.47. The third-order valence-corrected chi connectivity index (χ3v) is 3.51. The third-order valence-electron chi connectivity index (χ3n) is 3.51. The Kier molecular flexibility index (Phi) is 2.29. The van der Waals surface area contributed by atoms with Crippen molar-refractivity contribution in [2.75, 3.05) is 13.2 Å². The molecule has 3 rings (SSSR count). The third kappa shape index (κ3) is 1.58. The summed E-state index contributed by atoms with van der Waals surface area (Å²) in [4.78, 5) is 25.9. The van der Waals surface area contributed by atoms with Crippen molar-refractivity contribution in [2.24, 2.45) is 7.05 Å². The number of amides is 1. The fourth-order valence-electron chi connectivity index (χ4n) is 2.56. The average Bonchev–Trinajstić information content (AvgIpc) is 2.94. The van der Waals surface area contributed by atoms with Crippen LogP contribution in [0.25, 0.3) is 0 Å². The molecule has 1 amide bonds. The highest BCUT2D eigenvalue weighted by Crippen LogP contribution is 2.28. The Balaban J connectivity index is 1.92. The van der Waals surface area contributed by atoms with Crippen LogP contribution in [-0.4, -0.2) is 40.7 Å². The van der Waals surface area contributed by atoms with E-state index in [-0.39, 0.29) is 29.2 Å². The van der Waals surface area contributed by atoms with E-state index >= 15 is 0 Å². The number of likely N-dealkylation sites (tertiary alicyclic amines) is 1. The minimum absolute atomic E-state index is 0.150. The van der Waals surface area contributed by atoms with Gasteiger partial charge in [-0.25, -0.2) is 0 Å². The van der Waals surface area contributed by atoms with Crippen molar-refractivity contribution in [3.05, 3.63) is 34.2 Å². The highest BCUT2D eigenvalue weighted by Gasteiger charge is 2.42. The molecule has 2 saturated heterocycles. The minimum atomic E-state index is -0.235. The Hall–Kier alpha value is -1.62. The molecule has 5 heteroatoms. The highest BCUT2D eigenvalue weighted by atomic mass is 16.5. The van der Waals surface area contributed by atoms with Gasteiger partial charge in [0.25, 0.3) is 11.5 Å². The van der Waals surface area contributed by atoms with Crippen molar-refractivity contribution in [1.29, 1.82) is 0 Å². The van der Waals surface area contributed by atoms with Crippen LogP contribution < -0.4 is 5.56 Å². The van der Waals surface area contributed by atoms with Crippen LogP contribution in [0, 0.1) is 0 Å². The van der Waals surface area contributed by atoms with Gasteiger partial charge in [0, 0.05) is 19.8 Å². The Morgan fingerprint density at radius 3 is 3.00 bits per heavy atom. The Morgan fingerprint density at radius 2 is 2.35 bits per heavy atom. The van der Waals surface area contributed by atoms with E-state index in [9.17, 15) is 9.59 Å². The summed E-state index contributed by atoms with van der Waals surface area (Å²) >= 11 is 0. The normalized spacial score (nSPS) is 26.5. The number of rotatable bonds is 1. The molecule has 90 valence electrons. The zero-order valence-electron chi connectivity index (χ0n) is 9.63. The van der Waals surface area contributed by atoms with Crippen molar-refractivity contribution in [1.82, 2.24) is 9.47 Å². The smallest absolute Gasteiger partial charge is 0.263 e. The predicted molar refractivity (Wildman–Crippen MR) is 60.9 cm³/mol. The summed E-state index contributed by atoms with van der Waals surface area (Å²) < 4.78 is 6.87. The molecule has 5 nitrogen and oxygen atoms in total. The summed E-state index contributed by atoms with van der Waals surface area (Å²) in [5, 5.41) is 0. The largest absolute Gasteiger partial charge is 0.374 e. The molecule has 0 N–H and O–H groups in total. The lowest BCUT2D eigenvalue weighted by molar-refractivity contribution is 0.0257. The van der Waals surface area contributed by atoms with Crippen molar-refractivity contribution < 1.29 is 9.53 Å². The SMILES string of the molecule is Cn1cccc(C(=O)N2C[C@H]3C[C@H]2CO3)c1=O. The second-order valence-corrected chi connectivity index (χ2v) is 4.64. The van der Waals surface area contributed by atoms with Crippen molar-refractivity contribution >= 4 is 5.91 Å². The standard InChI is InChI=1S/C12H14N2O3/c1-13-4-2-3-10(11(13)15)12(16)14-6-9-5-8(14)7-17-9/h2-4,8-9H,5-7H2,1H3/t8-,9+/m0/s1. The summed E-state index contributed by atoms with van der Waals surface area (Å²) in [6.45, 7) is 1.21. The molecule has 2 atom stereocenters. The van der Waals surface area contributed by atoms with Crippen LogP contribution in [0.3, 0.4) is 0 Å². The first kappa shape index (κ1) is 10.5. The summed E-state index contributed by atoms with van der Waals surface area (Å²) in [6.07, 6.45) is 2.72. The van der Waals surface area contributed by atoms with E-state index in [4.69, 9.17) is 4.74 Å². The van der Waals surface area contributed by atoms with E-state index in [2.05, 4.69) is 0 Å². The number of carbonyl (C=O) groups is 1. The predicted octanol–water partition coefficient (Wildman–Crippen LogP) is -0.00140. The number of nitrogens with zero attached hydrogens (tertiary/aromatic N) is 2. The lowest BCUT2D eigenvalue weighted by Crippen LogP contribution is -2.43. The first-order chi connectivity index (χ1) is 8.16. The summed E-state index contributed by atoms with van der Waals surface area (Å²) in [7, 11) is 1.65. The van der Waals surface area contributed by atoms with E-state index < -0.39 is 0 Å². The molecule has 0 aromatic carbocycles. The molecular weight excluding hydrogens is 220 g/mol. The van der Waals surface area contributed by atoms with Gasteiger partial charge in [-0.3, -0.25) is 9.59 Å². The molecule has 2 aliphatic heterocycles. The molecular formula is C12H14N2O3. The topological polar surface area (TPSA) is 51.5 Å². The molecule has 0 spiro atoms. The number of fused-ring (bicyclic) bond motifs is 2. The van der Waals surface area contributed by atoms with Gasteiger partial charge in [0.1, 0.15) is 5.56 Å². The van der Waals surface area contributed by atoms with Crippen LogP contribution in [0.4, 0.5) is 0 Å². The maximum Gasteiger partial charge on any atom is 0.263 e. The van der Waals surface area contributed by atoms with Gasteiger partial charge in [0.15, 0.2) is 0 Å².